The van der Waals surface area contributed by atoms with E-state index < -0.39 is 5.97 Å². The van der Waals surface area contributed by atoms with E-state index in [0.717, 1.165) is 16.7 Å². The summed E-state index contributed by atoms with van der Waals surface area (Å²) in [6.07, 6.45) is 1.72. The van der Waals surface area contributed by atoms with Crippen molar-refractivity contribution < 1.29 is 9.53 Å². The molecule has 0 unspecified atom stereocenters. The van der Waals surface area contributed by atoms with Gasteiger partial charge in [-0.3, -0.25) is 0 Å². The van der Waals surface area contributed by atoms with Gasteiger partial charge in [-0.05, 0) is 23.8 Å². The van der Waals surface area contributed by atoms with E-state index in [0.29, 0.717) is 15.7 Å². The molecule has 2 aromatic carbocycles. The molecule has 0 aliphatic carbocycles. The topological polar surface area (TPSA) is 42.1 Å². The SMILES string of the molecule is O=C(OCc1ccccc1)c1cc(-c2ccc(Cl)cc2Cl)c[nH]1. The van der Waals surface area contributed by atoms with Crippen LogP contribution < -0.4 is 0 Å². The van der Waals surface area contributed by atoms with Gasteiger partial charge in [-0.15, -0.1) is 0 Å². The highest BCUT2D eigenvalue weighted by atomic mass is 35.5. The number of carbonyl (C=O) groups is 1. The van der Waals surface area contributed by atoms with Gasteiger partial charge >= 0.3 is 5.97 Å². The number of carbonyl (C=O) groups excluding carboxylic acids is 1. The number of halogens is 2. The second kappa shape index (κ2) is 6.90. The van der Waals surface area contributed by atoms with Gasteiger partial charge in [0.15, 0.2) is 0 Å². The van der Waals surface area contributed by atoms with Gasteiger partial charge in [0.05, 0.1) is 0 Å². The molecular formula is C18H13Cl2NO2. The number of aromatic nitrogens is 1. The number of hydrogen-bond donors (Lipinski definition) is 1. The number of aromatic amines is 1. The van der Waals surface area contributed by atoms with Crippen molar-refractivity contribution in [1.29, 1.82) is 0 Å². The van der Waals surface area contributed by atoms with Gasteiger partial charge in [0.2, 0.25) is 0 Å². The molecule has 0 spiro atoms. The van der Waals surface area contributed by atoms with Crippen LogP contribution in [0.2, 0.25) is 10.0 Å². The molecule has 116 valence electrons. The maximum absolute atomic E-state index is 12.1. The molecule has 0 atom stereocenters. The van der Waals surface area contributed by atoms with Crippen LogP contribution in [0.1, 0.15) is 16.1 Å². The third-order valence-corrected chi connectivity index (χ3v) is 3.91. The van der Waals surface area contributed by atoms with Gasteiger partial charge < -0.3 is 9.72 Å². The van der Waals surface area contributed by atoms with E-state index in [4.69, 9.17) is 27.9 Å². The lowest BCUT2D eigenvalue weighted by Gasteiger charge is -2.03. The molecule has 23 heavy (non-hydrogen) atoms. The van der Waals surface area contributed by atoms with Crippen molar-refractivity contribution in [3.05, 3.63) is 82.1 Å². The summed E-state index contributed by atoms with van der Waals surface area (Å²) in [7, 11) is 0. The molecule has 3 nitrogen and oxygen atoms in total. The van der Waals surface area contributed by atoms with Crippen molar-refractivity contribution in [2.45, 2.75) is 6.61 Å². The van der Waals surface area contributed by atoms with Crippen LogP contribution in [0.5, 0.6) is 0 Å². The number of rotatable bonds is 4. The predicted octanol–water partition coefficient (Wildman–Crippen LogP) is 5.35. The molecule has 0 aliphatic rings. The first-order chi connectivity index (χ1) is 11.1. The molecule has 0 amide bonds. The van der Waals surface area contributed by atoms with Crippen LogP contribution in [0.4, 0.5) is 0 Å². The average molecular weight is 346 g/mol. The summed E-state index contributed by atoms with van der Waals surface area (Å²) in [5.41, 5.74) is 2.92. The molecule has 0 saturated carbocycles. The Balaban J connectivity index is 1.72. The van der Waals surface area contributed by atoms with Crippen LogP contribution in [0, 0.1) is 0 Å². The molecular weight excluding hydrogens is 333 g/mol. The van der Waals surface area contributed by atoms with Crippen LogP contribution in [0.3, 0.4) is 0 Å². The Kier molecular flexibility index (Phi) is 4.70. The van der Waals surface area contributed by atoms with E-state index in [-0.39, 0.29) is 6.61 Å². The van der Waals surface area contributed by atoms with Gasteiger partial charge in [-0.1, -0.05) is 59.6 Å². The Labute approximate surface area is 143 Å². The number of H-pyrrole nitrogens is 1. The molecule has 3 aromatic rings. The molecule has 0 saturated heterocycles. The lowest BCUT2D eigenvalue weighted by atomic mass is 10.1. The van der Waals surface area contributed by atoms with E-state index >= 15 is 0 Å². The maximum atomic E-state index is 12.1. The molecule has 0 aliphatic heterocycles. The molecule has 1 N–H and O–H groups in total. The second-order valence-corrected chi connectivity index (χ2v) is 5.83. The fraction of sp³-hybridized carbons (Fsp3) is 0.0556. The number of hydrogen-bond acceptors (Lipinski definition) is 2. The lowest BCUT2D eigenvalue weighted by molar-refractivity contribution is 0.0466. The minimum Gasteiger partial charge on any atom is -0.456 e. The van der Waals surface area contributed by atoms with Gasteiger partial charge in [0.1, 0.15) is 12.3 Å². The summed E-state index contributed by atoms with van der Waals surface area (Å²) < 4.78 is 5.29. The zero-order valence-electron chi connectivity index (χ0n) is 12.1. The Hall–Kier alpha value is -2.23. The van der Waals surface area contributed by atoms with Crippen LogP contribution >= 0.6 is 23.2 Å². The summed E-state index contributed by atoms with van der Waals surface area (Å²) in [5.74, 6) is -0.412. The van der Waals surface area contributed by atoms with Crippen molar-refractivity contribution in [1.82, 2.24) is 4.98 Å². The van der Waals surface area contributed by atoms with Crippen molar-refractivity contribution >= 4 is 29.2 Å². The minimum atomic E-state index is -0.412. The predicted molar refractivity (Wildman–Crippen MR) is 91.8 cm³/mol. The zero-order chi connectivity index (χ0) is 16.2. The molecule has 1 aromatic heterocycles. The standard InChI is InChI=1S/C18H13Cl2NO2/c19-14-6-7-15(16(20)9-14)13-8-17(21-10-13)18(22)23-11-12-4-2-1-3-5-12/h1-10,21H,11H2. The van der Waals surface area contributed by atoms with Gasteiger partial charge in [-0.25, -0.2) is 4.79 Å². The van der Waals surface area contributed by atoms with Crippen molar-refractivity contribution in [3.63, 3.8) is 0 Å². The normalized spacial score (nSPS) is 10.5. The van der Waals surface area contributed by atoms with E-state index in [1.807, 2.05) is 36.4 Å². The van der Waals surface area contributed by atoms with Crippen molar-refractivity contribution in [2.75, 3.05) is 0 Å². The zero-order valence-corrected chi connectivity index (χ0v) is 13.6. The smallest absolute Gasteiger partial charge is 0.355 e. The van der Waals surface area contributed by atoms with Crippen molar-refractivity contribution in [3.8, 4) is 11.1 Å². The van der Waals surface area contributed by atoms with Crippen LogP contribution in [0.25, 0.3) is 11.1 Å². The maximum Gasteiger partial charge on any atom is 0.355 e. The number of nitrogens with one attached hydrogen (secondary N) is 1. The van der Waals surface area contributed by atoms with Crippen LogP contribution in [-0.2, 0) is 11.3 Å². The fourth-order valence-electron chi connectivity index (χ4n) is 2.19. The quantitative estimate of drug-likeness (QED) is 0.648. The second-order valence-electron chi connectivity index (χ2n) is 4.99. The molecule has 3 rings (SSSR count). The molecule has 5 heteroatoms. The van der Waals surface area contributed by atoms with Crippen LogP contribution in [0.15, 0.2) is 60.8 Å². The highest BCUT2D eigenvalue weighted by Crippen LogP contribution is 2.30. The van der Waals surface area contributed by atoms with E-state index in [9.17, 15) is 4.79 Å². The third kappa shape index (κ3) is 3.76. The third-order valence-electron chi connectivity index (χ3n) is 3.36. The van der Waals surface area contributed by atoms with Gasteiger partial charge in [-0.2, -0.15) is 0 Å². The largest absolute Gasteiger partial charge is 0.456 e. The molecule has 1 heterocycles. The highest BCUT2D eigenvalue weighted by molar-refractivity contribution is 6.36. The Morgan fingerprint density at radius 3 is 2.57 bits per heavy atom. The number of ether oxygens (including phenoxy) is 1. The van der Waals surface area contributed by atoms with Gasteiger partial charge in [0.25, 0.3) is 0 Å². The van der Waals surface area contributed by atoms with E-state index in [2.05, 4.69) is 4.98 Å². The lowest BCUT2D eigenvalue weighted by Crippen LogP contribution is -2.05. The molecule has 0 fully saturated rings. The first kappa shape index (κ1) is 15.7. The summed E-state index contributed by atoms with van der Waals surface area (Å²) in [5, 5.41) is 1.09. The fourth-order valence-corrected chi connectivity index (χ4v) is 2.71. The first-order valence-corrected chi connectivity index (χ1v) is 7.74. The monoisotopic (exact) mass is 345 g/mol. The summed E-state index contributed by atoms with van der Waals surface area (Å²) in [6, 6.07) is 16.5. The minimum absolute atomic E-state index is 0.232. The van der Waals surface area contributed by atoms with Gasteiger partial charge in [0, 0.05) is 27.4 Å². The van der Waals surface area contributed by atoms with E-state index in [1.165, 1.54) is 0 Å². The van der Waals surface area contributed by atoms with Crippen molar-refractivity contribution in [2.24, 2.45) is 0 Å². The molecule has 0 bridgehead atoms. The number of esters is 1. The Bertz CT molecular complexity index is 828. The number of benzene rings is 2. The van der Waals surface area contributed by atoms with E-state index in [1.54, 1.807) is 24.4 Å². The summed E-state index contributed by atoms with van der Waals surface area (Å²) >= 11 is 12.1. The average Bonchev–Trinajstić information content (AvgIpc) is 3.03. The van der Waals surface area contributed by atoms with Crippen LogP contribution in [-0.4, -0.2) is 11.0 Å². The molecule has 0 radical (unpaired) electrons. The Morgan fingerprint density at radius 2 is 1.83 bits per heavy atom. The first-order valence-electron chi connectivity index (χ1n) is 6.98. The summed E-state index contributed by atoms with van der Waals surface area (Å²) in [4.78, 5) is 15.0. The Morgan fingerprint density at radius 1 is 1.04 bits per heavy atom. The summed E-state index contributed by atoms with van der Waals surface area (Å²) in [6.45, 7) is 0.232. The highest BCUT2D eigenvalue weighted by Gasteiger charge is 2.13.